The molecule has 1 aromatic carbocycles. The Morgan fingerprint density at radius 3 is 2.07 bits per heavy atom. The van der Waals surface area contributed by atoms with Crippen LogP contribution in [0.5, 0.6) is 5.75 Å². The fraction of sp³-hybridized carbons (Fsp3) is 0.645. The van der Waals surface area contributed by atoms with Gasteiger partial charge in [0.2, 0.25) is 17.7 Å². The van der Waals surface area contributed by atoms with Gasteiger partial charge >= 0.3 is 11.9 Å². The van der Waals surface area contributed by atoms with E-state index in [4.69, 9.17) is 15.6 Å². The first-order valence-corrected chi connectivity index (χ1v) is 14.8. The zero-order valence-electron chi connectivity index (χ0n) is 26.4. The molecule has 0 saturated heterocycles. The van der Waals surface area contributed by atoms with E-state index in [1.165, 1.54) is 6.92 Å². The van der Waals surface area contributed by atoms with Crippen LogP contribution in [0.2, 0.25) is 0 Å². The highest BCUT2D eigenvalue weighted by molar-refractivity contribution is 5.90. The zero-order valence-corrected chi connectivity index (χ0v) is 26.4. The summed E-state index contributed by atoms with van der Waals surface area (Å²) in [4.78, 5) is 60.4. The predicted molar refractivity (Wildman–Crippen MR) is 164 cm³/mol. The van der Waals surface area contributed by atoms with Gasteiger partial charge in [0.25, 0.3) is 0 Å². The van der Waals surface area contributed by atoms with Crippen molar-refractivity contribution in [3.63, 3.8) is 0 Å². The number of carboxylic acid groups (broad SMARTS) is 2. The third-order valence-corrected chi connectivity index (χ3v) is 6.98. The molecule has 248 valence electrons. The van der Waals surface area contributed by atoms with Crippen molar-refractivity contribution in [2.75, 3.05) is 13.2 Å². The molecule has 1 rings (SSSR count). The van der Waals surface area contributed by atoms with E-state index in [9.17, 15) is 34.2 Å². The summed E-state index contributed by atoms with van der Waals surface area (Å²) in [6.07, 6.45) is 1.14. The Balaban J connectivity index is 2.54. The number of hydrogen-bond donors (Lipinski definition) is 7. The number of carbonyl (C=O) groups excluding carboxylic acids is 3. The standard InChI is InChI=1S/C31H50N4O9/c1-20(33-26(38)16-30(2,3)18-31(4,5)19-44-22-11-7-6-8-12-22)27(39)35-24(29(42)43)14-15-25(37)34-21(17-36)10-9-13-23(32)28(40)41/h6-8,11-12,20-21,23-24,36H,9-10,13-19,32H2,1-5H3,(H,33,38)(H,34,37)(H,35,39)(H,40,41)(H,42,43). The van der Waals surface area contributed by atoms with Crippen molar-refractivity contribution < 1.29 is 44.0 Å². The van der Waals surface area contributed by atoms with Crippen LogP contribution in [0.3, 0.4) is 0 Å². The van der Waals surface area contributed by atoms with Gasteiger partial charge in [-0.2, -0.15) is 0 Å². The molecular formula is C31H50N4O9. The number of ether oxygens (including phenoxy) is 1. The average Bonchev–Trinajstić information content (AvgIpc) is 2.92. The van der Waals surface area contributed by atoms with Gasteiger partial charge in [-0.25, -0.2) is 4.79 Å². The van der Waals surface area contributed by atoms with E-state index >= 15 is 0 Å². The minimum atomic E-state index is -1.38. The van der Waals surface area contributed by atoms with E-state index in [0.29, 0.717) is 19.4 Å². The molecule has 0 saturated carbocycles. The normalized spacial score (nSPS) is 14.4. The average molecular weight is 623 g/mol. The smallest absolute Gasteiger partial charge is 0.326 e. The van der Waals surface area contributed by atoms with E-state index in [0.717, 1.165) is 5.75 Å². The fourth-order valence-electron chi connectivity index (χ4n) is 5.04. The minimum Gasteiger partial charge on any atom is -0.493 e. The summed E-state index contributed by atoms with van der Waals surface area (Å²) in [5, 5.41) is 35.5. The van der Waals surface area contributed by atoms with E-state index in [1.807, 2.05) is 44.2 Å². The topological polar surface area (TPSA) is 217 Å². The number of rotatable bonds is 21. The van der Waals surface area contributed by atoms with Crippen LogP contribution in [-0.4, -0.2) is 82.4 Å². The van der Waals surface area contributed by atoms with Crippen molar-refractivity contribution in [2.24, 2.45) is 16.6 Å². The summed E-state index contributed by atoms with van der Waals surface area (Å²) in [5.74, 6) is -3.31. The van der Waals surface area contributed by atoms with Crippen LogP contribution in [0.15, 0.2) is 30.3 Å². The maximum absolute atomic E-state index is 12.8. The number of amides is 3. The highest BCUT2D eigenvalue weighted by atomic mass is 16.5. The summed E-state index contributed by atoms with van der Waals surface area (Å²) in [7, 11) is 0. The van der Waals surface area contributed by atoms with Gasteiger partial charge in [0.15, 0.2) is 0 Å². The van der Waals surface area contributed by atoms with Crippen molar-refractivity contribution in [2.45, 2.75) is 104 Å². The lowest BCUT2D eigenvalue weighted by atomic mass is 9.73. The van der Waals surface area contributed by atoms with E-state index in [-0.39, 0.29) is 50.0 Å². The molecule has 0 spiro atoms. The number of aliphatic hydroxyl groups is 1. The summed E-state index contributed by atoms with van der Waals surface area (Å²) < 4.78 is 5.90. The molecule has 3 amide bonds. The van der Waals surface area contributed by atoms with Crippen LogP contribution < -0.4 is 26.4 Å². The number of aliphatic carboxylic acids is 2. The van der Waals surface area contributed by atoms with Crippen molar-refractivity contribution in [3.05, 3.63) is 30.3 Å². The lowest BCUT2D eigenvalue weighted by Crippen LogP contribution is -2.51. The molecule has 1 aromatic rings. The molecule has 13 nitrogen and oxygen atoms in total. The Kier molecular flexibility index (Phi) is 15.8. The van der Waals surface area contributed by atoms with Gasteiger partial charge in [0.05, 0.1) is 19.3 Å². The van der Waals surface area contributed by atoms with Crippen LogP contribution in [0.1, 0.15) is 79.6 Å². The third kappa shape index (κ3) is 15.7. The second-order valence-electron chi connectivity index (χ2n) is 12.8. The number of benzene rings is 1. The quantitative estimate of drug-likeness (QED) is 0.105. The molecule has 0 fully saturated rings. The van der Waals surface area contributed by atoms with Crippen LogP contribution >= 0.6 is 0 Å². The fourth-order valence-corrected chi connectivity index (χ4v) is 5.04. The Morgan fingerprint density at radius 2 is 1.50 bits per heavy atom. The summed E-state index contributed by atoms with van der Waals surface area (Å²) in [6, 6.07) is 5.37. The molecule has 0 aliphatic heterocycles. The predicted octanol–water partition coefficient (Wildman–Crippen LogP) is 1.81. The number of carbonyl (C=O) groups is 5. The third-order valence-electron chi connectivity index (χ3n) is 6.98. The van der Waals surface area contributed by atoms with Crippen molar-refractivity contribution in [3.8, 4) is 5.75 Å². The number of nitrogens with one attached hydrogen (secondary N) is 3. The van der Waals surface area contributed by atoms with Crippen LogP contribution in [-0.2, 0) is 24.0 Å². The molecule has 0 heterocycles. The first-order chi connectivity index (χ1) is 20.4. The van der Waals surface area contributed by atoms with E-state index in [2.05, 4.69) is 29.8 Å². The summed E-state index contributed by atoms with van der Waals surface area (Å²) in [6.45, 7) is 9.54. The van der Waals surface area contributed by atoms with Gasteiger partial charge in [0, 0.05) is 12.8 Å². The maximum Gasteiger partial charge on any atom is 0.326 e. The van der Waals surface area contributed by atoms with Gasteiger partial charge in [-0.05, 0) is 62.0 Å². The molecule has 8 N–H and O–H groups in total. The Labute approximate surface area is 259 Å². The highest BCUT2D eigenvalue weighted by Gasteiger charge is 2.32. The molecule has 4 atom stereocenters. The van der Waals surface area contributed by atoms with Crippen molar-refractivity contribution in [1.29, 1.82) is 0 Å². The first-order valence-electron chi connectivity index (χ1n) is 14.8. The van der Waals surface area contributed by atoms with Crippen LogP contribution in [0.25, 0.3) is 0 Å². The molecule has 0 radical (unpaired) electrons. The van der Waals surface area contributed by atoms with E-state index < -0.39 is 53.3 Å². The maximum atomic E-state index is 12.8. The zero-order chi connectivity index (χ0) is 33.5. The van der Waals surface area contributed by atoms with Gasteiger partial charge in [-0.1, -0.05) is 45.9 Å². The molecule has 0 aliphatic carbocycles. The number of nitrogens with two attached hydrogens (primary N) is 1. The number of aliphatic hydroxyl groups excluding tert-OH is 1. The lowest BCUT2D eigenvalue weighted by molar-refractivity contribution is -0.142. The first kappa shape index (κ1) is 38.3. The second kappa shape index (κ2) is 18.2. The Morgan fingerprint density at radius 1 is 0.864 bits per heavy atom. The van der Waals surface area contributed by atoms with Crippen molar-refractivity contribution >= 4 is 29.7 Å². The number of hydrogen-bond acceptors (Lipinski definition) is 8. The molecule has 44 heavy (non-hydrogen) atoms. The second-order valence-corrected chi connectivity index (χ2v) is 12.8. The molecule has 0 aliphatic rings. The number of carboxylic acids is 2. The highest BCUT2D eigenvalue weighted by Crippen LogP contribution is 2.36. The molecule has 0 aromatic heterocycles. The Hall–Kier alpha value is -3.71. The van der Waals surface area contributed by atoms with Gasteiger partial charge in [-0.15, -0.1) is 0 Å². The van der Waals surface area contributed by atoms with Crippen LogP contribution in [0, 0.1) is 10.8 Å². The van der Waals surface area contributed by atoms with Crippen molar-refractivity contribution in [1.82, 2.24) is 16.0 Å². The lowest BCUT2D eigenvalue weighted by Gasteiger charge is -2.34. The van der Waals surface area contributed by atoms with Gasteiger partial charge in [-0.3, -0.25) is 19.2 Å². The Bertz CT molecular complexity index is 1090. The summed E-state index contributed by atoms with van der Waals surface area (Å²) in [5.41, 5.74) is 4.79. The van der Waals surface area contributed by atoms with E-state index in [1.54, 1.807) is 0 Å². The largest absolute Gasteiger partial charge is 0.493 e. The monoisotopic (exact) mass is 622 g/mol. The van der Waals surface area contributed by atoms with Crippen LogP contribution in [0.4, 0.5) is 0 Å². The van der Waals surface area contributed by atoms with Gasteiger partial charge < -0.3 is 41.7 Å². The molecular weight excluding hydrogens is 572 g/mol. The number of para-hydroxylation sites is 1. The van der Waals surface area contributed by atoms with Gasteiger partial charge in [0.1, 0.15) is 23.9 Å². The summed E-state index contributed by atoms with van der Waals surface area (Å²) >= 11 is 0. The minimum absolute atomic E-state index is 0.135. The molecule has 4 unspecified atom stereocenters. The SMILES string of the molecule is CC(NC(=O)CC(C)(C)CC(C)(C)COc1ccccc1)C(=O)NC(CCC(=O)NC(CO)CCCC(N)C(=O)O)C(=O)O. The molecule has 0 bridgehead atoms. The molecule has 13 heteroatoms.